The van der Waals surface area contributed by atoms with Gasteiger partial charge >= 0.3 is 0 Å². The highest BCUT2D eigenvalue weighted by Gasteiger charge is 2.23. The van der Waals surface area contributed by atoms with E-state index < -0.39 is 0 Å². The summed E-state index contributed by atoms with van der Waals surface area (Å²) in [5.74, 6) is 0.0408. The molecule has 3 N–H and O–H groups in total. The number of likely N-dealkylation sites (N-methyl/N-ethyl adjacent to an activating group) is 1. The fourth-order valence-corrected chi connectivity index (χ4v) is 2.58. The van der Waals surface area contributed by atoms with Crippen molar-refractivity contribution < 1.29 is 4.79 Å². The fraction of sp³-hybridized carbons (Fsp3) is 0.933. The average molecular weight is 284 g/mol. The van der Waals surface area contributed by atoms with Gasteiger partial charge in [0.15, 0.2) is 0 Å². The first kappa shape index (κ1) is 17.4. The van der Waals surface area contributed by atoms with Crippen LogP contribution in [0.2, 0.25) is 0 Å². The van der Waals surface area contributed by atoms with Crippen LogP contribution in [0, 0.1) is 11.3 Å². The van der Waals surface area contributed by atoms with E-state index in [9.17, 15) is 4.79 Å². The number of rotatable bonds is 6. The maximum Gasteiger partial charge on any atom is 0.224 e. The van der Waals surface area contributed by atoms with Crippen molar-refractivity contribution >= 4 is 5.91 Å². The summed E-state index contributed by atoms with van der Waals surface area (Å²) in [5, 5.41) is 3.04. The summed E-state index contributed by atoms with van der Waals surface area (Å²) in [4.78, 5) is 16.9. The normalized spacial score (nSPS) is 19.9. The maximum absolute atomic E-state index is 12.1. The lowest BCUT2D eigenvalue weighted by Gasteiger charge is -2.32. The zero-order valence-electron chi connectivity index (χ0n) is 13.6. The second kappa shape index (κ2) is 7.96. The molecule has 0 aromatic heterocycles. The highest BCUT2D eigenvalue weighted by atomic mass is 16.1. The van der Waals surface area contributed by atoms with Crippen LogP contribution in [0.4, 0.5) is 0 Å². The molecule has 1 fully saturated rings. The quantitative estimate of drug-likeness (QED) is 0.739. The van der Waals surface area contributed by atoms with Crippen LogP contribution in [0.25, 0.3) is 0 Å². The molecule has 1 amide bonds. The number of nitrogens with zero attached hydrogens (tertiary/aromatic N) is 2. The Bertz CT molecular complexity index is 293. The first-order chi connectivity index (χ1) is 9.31. The molecule has 5 heteroatoms. The van der Waals surface area contributed by atoms with Crippen LogP contribution in [0.3, 0.4) is 0 Å². The zero-order chi connectivity index (χ0) is 15.2. The summed E-state index contributed by atoms with van der Waals surface area (Å²) < 4.78 is 0. The number of hydrogen-bond donors (Lipinski definition) is 2. The third-order valence-corrected chi connectivity index (χ3v) is 3.84. The number of carbonyl (C=O) groups excluding carboxylic acids is 1. The van der Waals surface area contributed by atoms with Gasteiger partial charge in [-0.05, 0) is 18.9 Å². The van der Waals surface area contributed by atoms with Crippen molar-refractivity contribution in [2.24, 2.45) is 17.1 Å². The molecule has 1 unspecified atom stereocenters. The van der Waals surface area contributed by atoms with E-state index in [0.717, 1.165) is 45.7 Å². The molecule has 1 aliphatic rings. The Balaban J connectivity index is 2.24. The SMILES string of the molecule is CN1CCN(CCNC(=O)C(CN)CC(C)(C)C)CC1. The highest BCUT2D eigenvalue weighted by Crippen LogP contribution is 2.23. The van der Waals surface area contributed by atoms with Gasteiger partial charge in [0.05, 0.1) is 5.92 Å². The van der Waals surface area contributed by atoms with Gasteiger partial charge < -0.3 is 16.0 Å². The predicted octanol–water partition coefficient (Wildman–Crippen LogP) is 0.361. The molecule has 0 aromatic carbocycles. The summed E-state index contributed by atoms with van der Waals surface area (Å²) in [6.07, 6.45) is 0.837. The van der Waals surface area contributed by atoms with Crippen molar-refractivity contribution in [2.75, 3.05) is 52.9 Å². The molecular weight excluding hydrogens is 252 g/mol. The molecule has 1 atom stereocenters. The first-order valence-corrected chi connectivity index (χ1v) is 7.70. The molecule has 0 bridgehead atoms. The predicted molar refractivity (Wildman–Crippen MR) is 83.6 cm³/mol. The molecule has 1 aliphatic heterocycles. The van der Waals surface area contributed by atoms with Crippen molar-refractivity contribution in [2.45, 2.75) is 27.2 Å². The second-order valence-corrected chi connectivity index (χ2v) is 7.13. The lowest BCUT2D eigenvalue weighted by Crippen LogP contribution is -2.47. The highest BCUT2D eigenvalue weighted by molar-refractivity contribution is 5.78. The number of piperazine rings is 1. The molecule has 0 radical (unpaired) electrons. The summed E-state index contributed by atoms with van der Waals surface area (Å²) >= 11 is 0. The number of nitrogens with one attached hydrogen (secondary N) is 1. The van der Waals surface area contributed by atoms with E-state index >= 15 is 0 Å². The Morgan fingerprint density at radius 2 is 1.85 bits per heavy atom. The van der Waals surface area contributed by atoms with Crippen LogP contribution in [-0.2, 0) is 4.79 Å². The Hall–Kier alpha value is -0.650. The molecule has 1 saturated heterocycles. The van der Waals surface area contributed by atoms with E-state index in [0.29, 0.717) is 6.54 Å². The Labute approximate surface area is 123 Å². The summed E-state index contributed by atoms with van der Waals surface area (Å²) in [6, 6.07) is 0. The number of amides is 1. The summed E-state index contributed by atoms with van der Waals surface area (Å²) in [5.41, 5.74) is 5.87. The number of nitrogens with two attached hydrogens (primary N) is 1. The number of carbonyl (C=O) groups is 1. The molecule has 118 valence electrons. The summed E-state index contributed by atoms with van der Waals surface area (Å²) in [6.45, 7) is 12.9. The molecule has 1 heterocycles. The van der Waals surface area contributed by atoms with Gasteiger partial charge in [0.25, 0.3) is 0 Å². The molecule has 0 spiro atoms. The number of hydrogen-bond acceptors (Lipinski definition) is 4. The Morgan fingerprint density at radius 3 is 2.35 bits per heavy atom. The second-order valence-electron chi connectivity index (χ2n) is 7.13. The molecule has 0 aromatic rings. The van der Waals surface area contributed by atoms with Crippen LogP contribution < -0.4 is 11.1 Å². The third-order valence-electron chi connectivity index (χ3n) is 3.84. The van der Waals surface area contributed by atoms with Gasteiger partial charge in [-0.15, -0.1) is 0 Å². The van der Waals surface area contributed by atoms with Crippen molar-refractivity contribution in [1.29, 1.82) is 0 Å². The topological polar surface area (TPSA) is 61.6 Å². The van der Waals surface area contributed by atoms with Crippen molar-refractivity contribution in [3.05, 3.63) is 0 Å². The molecule has 0 saturated carbocycles. The lowest BCUT2D eigenvalue weighted by atomic mass is 9.84. The molecule has 0 aliphatic carbocycles. The minimum Gasteiger partial charge on any atom is -0.355 e. The van der Waals surface area contributed by atoms with Gasteiger partial charge in [-0.25, -0.2) is 0 Å². The standard InChI is InChI=1S/C15H32N4O/c1-15(2,3)11-13(12-16)14(20)17-5-6-19-9-7-18(4)8-10-19/h13H,5-12,16H2,1-4H3,(H,17,20). The Morgan fingerprint density at radius 1 is 1.25 bits per heavy atom. The van der Waals surface area contributed by atoms with Crippen LogP contribution >= 0.6 is 0 Å². The van der Waals surface area contributed by atoms with Crippen molar-refractivity contribution in [3.8, 4) is 0 Å². The average Bonchev–Trinajstić information content (AvgIpc) is 2.37. The molecule has 20 heavy (non-hydrogen) atoms. The largest absolute Gasteiger partial charge is 0.355 e. The van der Waals surface area contributed by atoms with Crippen molar-refractivity contribution in [3.63, 3.8) is 0 Å². The van der Waals surface area contributed by atoms with Crippen LogP contribution in [-0.4, -0.2) is 68.6 Å². The van der Waals surface area contributed by atoms with Gasteiger partial charge in [-0.3, -0.25) is 9.69 Å². The van der Waals surface area contributed by atoms with Gasteiger partial charge in [0.1, 0.15) is 0 Å². The lowest BCUT2D eigenvalue weighted by molar-refractivity contribution is -0.125. The minimum absolute atomic E-state index is 0.0671. The van der Waals surface area contributed by atoms with E-state index in [1.165, 1.54) is 0 Å². The fourth-order valence-electron chi connectivity index (χ4n) is 2.58. The van der Waals surface area contributed by atoms with Gasteiger partial charge in [0, 0.05) is 45.8 Å². The van der Waals surface area contributed by atoms with E-state index in [1.807, 2.05) is 0 Å². The van der Waals surface area contributed by atoms with Crippen LogP contribution in [0.1, 0.15) is 27.2 Å². The van der Waals surface area contributed by atoms with Crippen molar-refractivity contribution in [1.82, 2.24) is 15.1 Å². The van der Waals surface area contributed by atoms with Gasteiger partial charge in [-0.1, -0.05) is 20.8 Å². The van der Waals surface area contributed by atoms with E-state index in [1.54, 1.807) is 0 Å². The summed E-state index contributed by atoms with van der Waals surface area (Å²) in [7, 11) is 2.15. The Kier molecular flexibility index (Phi) is 6.92. The third kappa shape index (κ3) is 6.68. The van der Waals surface area contributed by atoms with Crippen LogP contribution in [0.15, 0.2) is 0 Å². The van der Waals surface area contributed by atoms with Gasteiger partial charge in [0.2, 0.25) is 5.91 Å². The zero-order valence-corrected chi connectivity index (χ0v) is 13.6. The van der Waals surface area contributed by atoms with Crippen LogP contribution in [0.5, 0.6) is 0 Å². The molecule has 5 nitrogen and oxygen atoms in total. The van der Waals surface area contributed by atoms with Gasteiger partial charge in [-0.2, -0.15) is 0 Å². The maximum atomic E-state index is 12.1. The molecular formula is C15H32N4O. The molecule has 1 rings (SSSR count). The van der Waals surface area contributed by atoms with E-state index in [-0.39, 0.29) is 17.2 Å². The first-order valence-electron chi connectivity index (χ1n) is 7.70. The van der Waals surface area contributed by atoms with E-state index in [4.69, 9.17) is 5.73 Å². The minimum atomic E-state index is -0.0671. The smallest absolute Gasteiger partial charge is 0.224 e. The monoisotopic (exact) mass is 284 g/mol. The van der Waals surface area contributed by atoms with E-state index in [2.05, 4.69) is 42.9 Å².